The average molecular weight is 1340 g/mol. The SMILES string of the molecule is C#CCCCC(=O)c1cc(C(C)(C)C)c(O)c(C(C)(C)C)c1.CC(C)(C)c1cc(/C=C2\CCOC2=O)cc(C(C)(C)C)c1O.CC[N+]1=CC(=O)/C(=C/c2cc(C(C)(C)C)c(O)c(C(C)(C)C)c2)S1(=O)=O.CON=C1NC(=O)/C(=C/c2cc(C(C)(C)C)c(O)c(C(C)(C)C)c2)S1. The zero-order valence-corrected chi connectivity index (χ0v) is 63.1. The number of sulfonamides is 1. The van der Waals surface area contributed by atoms with E-state index in [1.165, 1.54) is 24.9 Å². The summed E-state index contributed by atoms with van der Waals surface area (Å²) < 4.78 is 31.1. The van der Waals surface area contributed by atoms with Gasteiger partial charge in [0.1, 0.15) is 30.1 Å². The molecule has 4 aromatic rings. The Morgan fingerprint density at radius 2 is 0.947 bits per heavy atom. The second-order valence-corrected chi connectivity index (χ2v) is 35.6. The van der Waals surface area contributed by atoms with E-state index in [0.29, 0.717) is 76.3 Å². The van der Waals surface area contributed by atoms with Gasteiger partial charge in [-0.2, -0.15) is 8.42 Å². The number of cyclic esters (lactones) is 1. The summed E-state index contributed by atoms with van der Waals surface area (Å²) in [6.07, 6.45) is 13.9. The van der Waals surface area contributed by atoms with Gasteiger partial charge >= 0.3 is 16.0 Å². The maximum Gasteiger partial charge on any atom is 0.399 e. The number of unbranched alkanes of at least 4 members (excludes halogenated alkanes) is 1. The molecule has 17 heteroatoms. The van der Waals surface area contributed by atoms with Gasteiger partial charge in [-0.1, -0.05) is 171 Å². The second-order valence-electron chi connectivity index (χ2n) is 32.7. The fraction of sp³-hybridized carbons (Fsp3) is 0.513. The van der Waals surface area contributed by atoms with E-state index in [1.807, 2.05) is 132 Å². The number of ketones is 2. The lowest BCUT2D eigenvalue weighted by molar-refractivity contribution is -0.350. The van der Waals surface area contributed by atoms with Crippen molar-refractivity contribution in [3.05, 3.63) is 131 Å². The van der Waals surface area contributed by atoms with Crippen molar-refractivity contribution in [2.75, 3.05) is 20.3 Å². The third-order valence-corrected chi connectivity index (χ3v) is 18.8. The molecule has 0 atom stereocenters. The smallest absolute Gasteiger partial charge is 0.399 e. The molecule has 3 aliphatic rings. The third kappa shape index (κ3) is 20.8. The number of allylic oxidation sites excluding steroid dienone is 1. The number of benzene rings is 4. The molecule has 5 N–H and O–H groups in total. The van der Waals surface area contributed by atoms with E-state index in [2.05, 4.69) is 99.5 Å². The number of carbonyl (C=O) groups excluding carboxylic acids is 4. The molecule has 0 radical (unpaired) electrons. The molecule has 7 rings (SSSR count). The van der Waals surface area contributed by atoms with E-state index in [-0.39, 0.29) is 78.2 Å². The van der Waals surface area contributed by atoms with Crippen molar-refractivity contribution in [1.29, 1.82) is 0 Å². The number of amides is 1. The summed E-state index contributed by atoms with van der Waals surface area (Å²) in [6.45, 7) is 51.3. The van der Waals surface area contributed by atoms with Gasteiger partial charge in [0, 0.05) is 74.9 Å². The lowest BCUT2D eigenvalue weighted by atomic mass is 9.78. The molecule has 2 fully saturated rings. The van der Waals surface area contributed by atoms with Gasteiger partial charge in [0.25, 0.3) is 11.7 Å². The first kappa shape index (κ1) is 80.0. The number of nitrogens with one attached hydrogen (secondary N) is 1. The van der Waals surface area contributed by atoms with Crippen LogP contribution in [0, 0.1) is 12.3 Å². The molecular formula is C78H108N3O12S2+. The number of amidine groups is 1. The van der Waals surface area contributed by atoms with Crippen LogP contribution in [0.25, 0.3) is 18.2 Å². The quantitative estimate of drug-likeness (QED) is 0.0200. The molecule has 15 nitrogen and oxygen atoms in total. The van der Waals surface area contributed by atoms with Gasteiger partial charge in [0.15, 0.2) is 17.2 Å². The number of phenolic OH excluding ortho intramolecular Hbond substituents is 4. The molecular weight excluding hydrogens is 1240 g/mol. The predicted molar refractivity (Wildman–Crippen MR) is 390 cm³/mol. The van der Waals surface area contributed by atoms with Crippen LogP contribution < -0.4 is 5.32 Å². The van der Waals surface area contributed by atoms with Crippen molar-refractivity contribution < 1.29 is 61.6 Å². The zero-order chi connectivity index (χ0) is 72.9. The van der Waals surface area contributed by atoms with Crippen LogP contribution in [0.15, 0.2) is 69.1 Å². The summed E-state index contributed by atoms with van der Waals surface area (Å²) in [7, 11) is -2.37. The largest absolute Gasteiger partial charge is 0.507 e. The number of hydrogen-bond acceptors (Lipinski definition) is 14. The van der Waals surface area contributed by atoms with E-state index in [0.717, 1.165) is 65.8 Å². The Labute approximate surface area is 572 Å². The van der Waals surface area contributed by atoms with Gasteiger partial charge in [0.05, 0.1) is 11.5 Å². The first-order valence-electron chi connectivity index (χ1n) is 32.4. The molecule has 0 aromatic heterocycles. The Balaban J connectivity index is 0.000000270. The fourth-order valence-electron chi connectivity index (χ4n) is 10.6. The number of ether oxygens (including phenoxy) is 1. The highest BCUT2D eigenvalue weighted by molar-refractivity contribution is 8.18. The molecule has 3 heterocycles. The standard InChI is InChI=1S/C20H27NO4S.C20H28O2.C19H26N2O3S.C19H26O3/c1-8-21-12-16(22)17(26(21,24)25)11-13-9-14(19(2,3)4)18(23)15(10-13)20(5,6)7;1-8-9-10-11-17(21)14-12-15(19(2,3)4)18(22)16(13-14)20(5,6)7;1-18(2,3)12-8-11(9-13(15(12)22)19(4,5)6)10-14-16(23)20-17(25-14)21-24-7;1-18(2,3)14-10-12(9-13-7-8-22-17(13)21)11-15(16(14)20)19(4,5)6/h9-12H,8H2,1-7H3;1,12-13,22H,9-11H2,2-7H3;8-10,22H,1-7H3,(H,20,21,23);9-11,20H,7-8H2,1-6H3/p+1/b;;14-10-;13-9+. The highest BCUT2D eigenvalue weighted by Crippen LogP contribution is 2.45. The third-order valence-electron chi connectivity index (χ3n) is 16.0. The maximum atomic E-state index is 12.5. The van der Waals surface area contributed by atoms with Crippen molar-refractivity contribution in [3.8, 4) is 35.3 Å². The Hall–Kier alpha value is -7.42. The number of aromatic hydroxyl groups is 4. The Morgan fingerprint density at radius 3 is 1.25 bits per heavy atom. The molecule has 0 spiro atoms. The summed E-state index contributed by atoms with van der Waals surface area (Å²) >= 11 is 1.23. The Kier molecular flexibility index (Phi) is 25.2. The Bertz CT molecular complexity index is 3770. The highest BCUT2D eigenvalue weighted by Gasteiger charge is 2.42. The van der Waals surface area contributed by atoms with Gasteiger partial charge in [-0.25, -0.2) is 4.79 Å². The molecule has 1 amide bonds. The summed E-state index contributed by atoms with van der Waals surface area (Å²) in [6, 6.07) is 15.0. The molecule has 0 aliphatic carbocycles. The van der Waals surface area contributed by atoms with Crippen molar-refractivity contribution in [1.82, 2.24) is 5.32 Å². The van der Waals surface area contributed by atoms with Crippen LogP contribution in [0.2, 0.25) is 0 Å². The summed E-state index contributed by atoms with van der Waals surface area (Å²) in [5.41, 5.74) is 8.50. The zero-order valence-electron chi connectivity index (χ0n) is 61.5. The minimum atomic E-state index is -3.81. The summed E-state index contributed by atoms with van der Waals surface area (Å²) in [4.78, 5) is 53.4. The number of esters is 1. The molecule has 2 saturated heterocycles. The van der Waals surface area contributed by atoms with Crippen molar-refractivity contribution in [3.63, 3.8) is 0 Å². The fourth-order valence-corrected chi connectivity index (χ4v) is 12.9. The van der Waals surface area contributed by atoms with Crippen LogP contribution in [0.1, 0.15) is 270 Å². The lowest BCUT2D eigenvalue weighted by Crippen LogP contribution is -2.19. The maximum absolute atomic E-state index is 12.5. The number of terminal acetylenes is 1. The number of phenols is 4. The van der Waals surface area contributed by atoms with E-state index in [9.17, 15) is 48.0 Å². The monoisotopic (exact) mass is 1340 g/mol. The second kappa shape index (κ2) is 29.9. The van der Waals surface area contributed by atoms with Crippen molar-refractivity contribution in [2.45, 2.75) is 242 Å². The van der Waals surface area contributed by atoms with Crippen LogP contribution in [0.4, 0.5) is 0 Å². The Morgan fingerprint density at radius 1 is 0.600 bits per heavy atom. The molecule has 95 heavy (non-hydrogen) atoms. The van der Waals surface area contributed by atoms with Crippen LogP contribution in [-0.4, -0.2) is 87.9 Å². The molecule has 0 saturated carbocycles. The first-order valence-corrected chi connectivity index (χ1v) is 34.7. The molecule has 3 aliphatic heterocycles. The number of carbonyl (C=O) groups is 4. The van der Waals surface area contributed by atoms with Crippen molar-refractivity contribution in [2.24, 2.45) is 5.16 Å². The summed E-state index contributed by atoms with van der Waals surface area (Å²) in [5, 5.41) is 49.7. The lowest BCUT2D eigenvalue weighted by Gasteiger charge is -2.28. The van der Waals surface area contributed by atoms with Gasteiger partial charge in [-0.15, -0.1) is 16.3 Å². The van der Waals surface area contributed by atoms with Crippen LogP contribution in [-0.2, 0) is 77.3 Å². The summed E-state index contributed by atoms with van der Waals surface area (Å²) in [5.74, 6) is 2.90. The van der Waals surface area contributed by atoms with E-state index < -0.39 is 15.8 Å². The van der Waals surface area contributed by atoms with Crippen LogP contribution in [0.3, 0.4) is 0 Å². The number of nitrogens with zero attached hydrogens (tertiary/aromatic N) is 2. The van der Waals surface area contributed by atoms with Crippen LogP contribution >= 0.6 is 11.8 Å². The topological polar surface area (TPSA) is 229 Å². The predicted octanol–water partition coefficient (Wildman–Crippen LogP) is 16.7. The van der Waals surface area contributed by atoms with Crippen LogP contribution in [0.5, 0.6) is 23.0 Å². The van der Waals surface area contributed by atoms with Gasteiger partial charge in [-0.3, -0.25) is 19.7 Å². The minimum Gasteiger partial charge on any atom is -0.507 e. The van der Waals surface area contributed by atoms with Gasteiger partial charge in [0.2, 0.25) is 11.4 Å². The number of rotatable bonds is 9. The minimum absolute atomic E-state index is 0.0891. The number of hydrogen-bond donors (Lipinski definition) is 5. The first-order chi connectivity index (χ1) is 43.1. The van der Waals surface area contributed by atoms with Gasteiger partial charge < -0.3 is 30.0 Å². The number of thioether (sulfide) groups is 1. The van der Waals surface area contributed by atoms with E-state index in [4.69, 9.17) is 16.0 Å². The molecule has 0 bridgehead atoms. The van der Waals surface area contributed by atoms with Gasteiger partial charge in [-0.05, 0) is 152 Å². The molecule has 4 aromatic carbocycles. The van der Waals surface area contributed by atoms with Crippen molar-refractivity contribution >= 4 is 74.8 Å². The highest BCUT2D eigenvalue weighted by atomic mass is 32.2. The normalized spacial score (nSPS) is 17.1. The molecule has 518 valence electrons. The van der Waals surface area contributed by atoms with E-state index in [1.54, 1.807) is 19.1 Å². The number of oxime groups is 1. The van der Waals surface area contributed by atoms with E-state index >= 15 is 0 Å². The number of Topliss-reactive ketones (excluding diaryl/α,β-unsaturated/α-hetero) is 2. The average Bonchev–Trinajstić information content (AvgIpc) is 1.72. The molecule has 0 unspecified atom stereocenters.